The zero-order valence-electron chi connectivity index (χ0n) is 9.29. The average molecular weight is 228 g/mol. The average Bonchev–Trinajstić information content (AvgIpc) is 3.05. The van der Waals surface area contributed by atoms with Gasteiger partial charge in [0.05, 0.1) is 6.61 Å². The molecule has 2 saturated carbocycles. The summed E-state index contributed by atoms with van der Waals surface area (Å²) in [4.78, 5) is 0. The fourth-order valence-electron chi connectivity index (χ4n) is 2.00. The number of nitrogens with one attached hydrogen (secondary N) is 2. The molecule has 0 heterocycles. The summed E-state index contributed by atoms with van der Waals surface area (Å²) < 4.78 is 4.97. The molecule has 0 aliphatic heterocycles. The lowest BCUT2D eigenvalue weighted by molar-refractivity contribution is 0.203. The second-order valence-corrected chi connectivity index (χ2v) is 5.00. The Balaban J connectivity index is 1.66. The molecule has 2 fully saturated rings. The molecule has 0 unspecified atom stereocenters. The molecule has 2 aliphatic carbocycles. The van der Waals surface area contributed by atoms with Gasteiger partial charge in [-0.05, 0) is 49.7 Å². The van der Waals surface area contributed by atoms with Crippen LogP contribution < -0.4 is 10.6 Å². The monoisotopic (exact) mass is 228 g/mol. The maximum Gasteiger partial charge on any atom is 0.166 e. The number of thiocarbonyl (C=S) groups is 1. The first kappa shape index (κ1) is 11.1. The van der Waals surface area contributed by atoms with E-state index in [-0.39, 0.29) is 0 Å². The minimum atomic E-state index is 0.646. The molecule has 2 aliphatic rings. The van der Waals surface area contributed by atoms with Crippen LogP contribution in [0, 0.1) is 11.8 Å². The Hall–Kier alpha value is -0.350. The van der Waals surface area contributed by atoms with Crippen molar-refractivity contribution in [2.45, 2.75) is 31.7 Å². The van der Waals surface area contributed by atoms with E-state index in [1.165, 1.54) is 25.7 Å². The summed E-state index contributed by atoms with van der Waals surface area (Å²) in [5.41, 5.74) is 0. The van der Waals surface area contributed by atoms with Gasteiger partial charge in [0.15, 0.2) is 5.11 Å². The summed E-state index contributed by atoms with van der Waals surface area (Å²) in [7, 11) is 1.70. The molecular formula is C11H20N2OS. The van der Waals surface area contributed by atoms with E-state index in [1.54, 1.807) is 7.11 Å². The van der Waals surface area contributed by atoms with Gasteiger partial charge >= 0.3 is 0 Å². The van der Waals surface area contributed by atoms with Gasteiger partial charge in [0, 0.05) is 19.7 Å². The summed E-state index contributed by atoms with van der Waals surface area (Å²) in [6.45, 7) is 1.50. The molecule has 0 radical (unpaired) electrons. The van der Waals surface area contributed by atoms with E-state index in [9.17, 15) is 0 Å². The molecule has 2 N–H and O–H groups in total. The van der Waals surface area contributed by atoms with Crippen LogP contribution in [-0.4, -0.2) is 31.4 Å². The predicted molar refractivity (Wildman–Crippen MR) is 64.8 cm³/mol. The van der Waals surface area contributed by atoms with Gasteiger partial charge in [-0.1, -0.05) is 0 Å². The smallest absolute Gasteiger partial charge is 0.166 e. The van der Waals surface area contributed by atoms with Crippen LogP contribution in [0.15, 0.2) is 0 Å². The van der Waals surface area contributed by atoms with E-state index in [1.807, 2.05) is 0 Å². The van der Waals surface area contributed by atoms with E-state index in [0.29, 0.717) is 12.6 Å². The van der Waals surface area contributed by atoms with Gasteiger partial charge in [0.1, 0.15) is 0 Å². The summed E-state index contributed by atoms with van der Waals surface area (Å²) in [6, 6.07) is 0.646. The van der Waals surface area contributed by atoms with Crippen LogP contribution in [0.25, 0.3) is 0 Å². The zero-order valence-corrected chi connectivity index (χ0v) is 10.1. The van der Waals surface area contributed by atoms with Gasteiger partial charge in [0.2, 0.25) is 0 Å². The van der Waals surface area contributed by atoms with Gasteiger partial charge in [-0.25, -0.2) is 0 Å². The van der Waals surface area contributed by atoms with Gasteiger partial charge in [0.25, 0.3) is 0 Å². The van der Waals surface area contributed by atoms with Crippen LogP contribution in [0.5, 0.6) is 0 Å². The minimum Gasteiger partial charge on any atom is -0.383 e. The maximum atomic E-state index is 5.26. The van der Waals surface area contributed by atoms with Gasteiger partial charge in [-0.2, -0.15) is 0 Å². The number of hydrogen-bond donors (Lipinski definition) is 2. The Morgan fingerprint density at radius 1 is 1.33 bits per heavy atom. The molecule has 0 aromatic carbocycles. The number of methoxy groups -OCH3 is 1. The van der Waals surface area contributed by atoms with Crippen LogP contribution >= 0.6 is 12.2 Å². The highest BCUT2D eigenvalue weighted by Gasteiger charge is 2.41. The van der Waals surface area contributed by atoms with Crippen LogP contribution in [0.1, 0.15) is 25.7 Å². The van der Waals surface area contributed by atoms with Crippen molar-refractivity contribution in [1.29, 1.82) is 0 Å². The zero-order chi connectivity index (χ0) is 10.7. The van der Waals surface area contributed by atoms with Crippen molar-refractivity contribution in [1.82, 2.24) is 10.6 Å². The molecule has 2 rings (SSSR count). The molecule has 0 aromatic rings. The Morgan fingerprint density at radius 2 is 1.93 bits per heavy atom. The molecule has 0 atom stereocenters. The number of hydrogen-bond acceptors (Lipinski definition) is 2. The van der Waals surface area contributed by atoms with E-state index in [2.05, 4.69) is 10.6 Å². The van der Waals surface area contributed by atoms with Crippen LogP contribution in [-0.2, 0) is 4.74 Å². The second kappa shape index (κ2) is 5.12. The lowest BCUT2D eigenvalue weighted by Crippen LogP contribution is -2.44. The molecule has 0 aromatic heterocycles. The fraction of sp³-hybridized carbons (Fsp3) is 0.909. The van der Waals surface area contributed by atoms with Crippen molar-refractivity contribution >= 4 is 17.3 Å². The third-order valence-corrected chi connectivity index (χ3v) is 3.41. The summed E-state index contributed by atoms with van der Waals surface area (Å²) in [5.74, 6) is 1.78. The molecule has 0 bridgehead atoms. The molecule has 0 amide bonds. The van der Waals surface area contributed by atoms with E-state index in [4.69, 9.17) is 17.0 Å². The highest BCUT2D eigenvalue weighted by molar-refractivity contribution is 7.80. The molecule has 0 spiro atoms. The van der Waals surface area contributed by atoms with E-state index < -0.39 is 0 Å². The summed E-state index contributed by atoms with van der Waals surface area (Å²) in [5, 5.41) is 7.44. The van der Waals surface area contributed by atoms with Crippen LogP contribution in [0.4, 0.5) is 0 Å². The van der Waals surface area contributed by atoms with Crippen molar-refractivity contribution in [2.24, 2.45) is 11.8 Å². The van der Waals surface area contributed by atoms with Crippen LogP contribution in [0.2, 0.25) is 0 Å². The first-order chi connectivity index (χ1) is 7.31. The maximum absolute atomic E-state index is 5.26. The topological polar surface area (TPSA) is 33.3 Å². The van der Waals surface area contributed by atoms with Crippen molar-refractivity contribution in [3.63, 3.8) is 0 Å². The Labute approximate surface area is 96.9 Å². The van der Waals surface area contributed by atoms with Crippen LogP contribution in [0.3, 0.4) is 0 Å². The van der Waals surface area contributed by atoms with Crippen molar-refractivity contribution in [2.75, 3.05) is 20.3 Å². The molecule has 0 saturated heterocycles. The largest absolute Gasteiger partial charge is 0.383 e. The van der Waals surface area contributed by atoms with E-state index >= 15 is 0 Å². The SMILES string of the molecule is COCCNC(=S)NC(C1CC1)C1CC1. The Morgan fingerprint density at radius 3 is 2.40 bits per heavy atom. The first-order valence-electron chi connectivity index (χ1n) is 5.84. The first-order valence-corrected chi connectivity index (χ1v) is 6.25. The molecular weight excluding hydrogens is 208 g/mol. The van der Waals surface area contributed by atoms with Crippen molar-refractivity contribution in [3.8, 4) is 0 Å². The molecule has 3 nitrogen and oxygen atoms in total. The number of ether oxygens (including phenoxy) is 1. The molecule has 4 heteroatoms. The summed E-state index contributed by atoms with van der Waals surface area (Å²) in [6.07, 6.45) is 5.54. The second-order valence-electron chi connectivity index (χ2n) is 4.59. The lowest BCUT2D eigenvalue weighted by atomic mass is 10.1. The van der Waals surface area contributed by atoms with Gasteiger partial charge in [-0.3, -0.25) is 0 Å². The fourth-order valence-corrected chi connectivity index (χ4v) is 2.24. The quantitative estimate of drug-likeness (QED) is 0.530. The minimum absolute atomic E-state index is 0.646. The highest BCUT2D eigenvalue weighted by Crippen LogP contribution is 2.44. The highest BCUT2D eigenvalue weighted by atomic mass is 32.1. The van der Waals surface area contributed by atoms with E-state index in [0.717, 1.165) is 23.5 Å². The molecule has 86 valence electrons. The molecule has 15 heavy (non-hydrogen) atoms. The van der Waals surface area contributed by atoms with Gasteiger partial charge in [-0.15, -0.1) is 0 Å². The van der Waals surface area contributed by atoms with Crippen molar-refractivity contribution < 1.29 is 4.74 Å². The number of rotatable bonds is 6. The standard InChI is InChI=1S/C11H20N2OS/c1-14-7-6-12-11(15)13-10(8-2-3-8)9-4-5-9/h8-10H,2-7H2,1H3,(H2,12,13,15). The van der Waals surface area contributed by atoms with Crippen molar-refractivity contribution in [3.05, 3.63) is 0 Å². The third kappa shape index (κ3) is 3.61. The predicted octanol–water partition coefficient (Wildman–Crippen LogP) is 1.29. The normalized spacial score (nSPS) is 20.4. The Bertz CT molecular complexity index is 215. The lowest BCUT2D eigenvalue weighted by Gasteiger charge is -2.20. The Kier molecular flexibility index (Phi) is 3.81. The van der Waals surface area contributed by atoms with Gasteiger partial charge < -0.3 is 15.4 Å². The third-order valence-electron chi connectivity index (χ3n) is 3.15. The summed E-state index contributed by atoms with van der Waals surface area (Å²) >= 11 is 5.26.